The van der Waals surface area contributed by atoms with Crippen LogP contribution < -0.4 is 0 Å². The average molecular weight is 209 g/mol. The van der Waals surface area contributed by atoms with Crippen molar-refractivity contribution in [1.82, 2.24) is 0 Å². The molecule has 1 unspecified atom stereocenters. The molecule has 1 atom stereocenters. The second-order valence-corrected chi connectivity index (χ2v) is 3.25. The van der Waals surface area contributed by atoms with E-state index in [1.54, 1.807) is 24.3 Å². The van der Waals surface area contributed by atoms with Gasteiger partial charge in [0.15, 0.2) is 17.0 Å². The second kappa shape index (κ2) is 5.21. The van der Waals surface area contributed by atoms with Crippen molar-refractivity contribution < 1.29 is 8.76 Å². The summed E-state index contributed by atoms with van der Waals surface area (Å²) in [6, 6.07) is 8.40. The standard InChI is InChI=1S/C8H7N3O2S/c9-5-7-1-3-8(4-2-7)11-10-6-14(12)13/h1-4H,6H2,(H,12,13). The molecule has 0 saturated carbocycles. The third kappa shape index (κ3) is 3.43. The van der Waals surface area contributed by atoms with E-state index in [9.17, 15) is 4.21 Å². The molecule has 14 heavy (non-hydrogen) atoms. The Hall–Kier alpha value is -1.58. The van der Waals surface area contributed by atoms with E-state index in [0.717, 1.165) is 0 Å². The SMILES string of the molecule is N#Cc1ccc(N=NCS(=O)O)cc1. The zero-order chi connectivity index (χ0) is 10.4. The Balaban J connectivity index is 2.65. The third-order valence-electron chi connectivity index (χ3n) is 1.35. The van der Waals surface area contributed by atoms with Gasteiger partial charge in [-0.25, -0.2) is 4.21 Å². The summed E-state index contributed by atoms with van der Waals surface area (Å²) < 4.78 is 18.6. The quantitative estimate of drug-likeness (QED) is 0.608. The van der Waals surface area contributed by atoms with Crippen LogP contribution >= 0.6 is 0 Å². The summed E-state index contributed by atoms with van der Waals surface area (Å²) in [4.78, 5) is 0. The van der Waals surface area contributed by atoms with Crippen molar-refractivity contribution >= 4 is 16.8 Å². The van der Waals surface area contributed by atoms with E-state index < -0.39 is 11.1 Å². The van der Waals surface area contributed by atoms with Gasteiger partial charge < -0.3 is 4.55 Å². The molecular formula is C8H7N3O2S. The molecule has 5 nitrogen and oxygen atoms in total. The van der Waals surface area contributed by atoms with Gasteiger partial charge in [-0.3, -0.25) is 0 Å². The lowest BCUT2D eigenvalue weighted by Crippen LogP contribution is -1.88. The summed E-state index contributed by atoms with van der Waals surface area (Å²) >= 11 is -1.96. The van der Waals surface area contributed by atoms with Crippen LogP contribution in [0, 0.1) is 11.3 Å². The van der Waals surface area contributed by atoms with E-state index in [-0.39, 0.29) is 5.88 Å². The molecule has 1 N–H and O–H groups in total. The van der Waals surface area contributed by atoms with E-state index >= 15 is 0 Å². The smallest absolute Gasteiger partial charge is 0.177 e. The van der Waals surface area contributed by atoms with Gasteiger partial charge in [0.1, 0.15) is 0 Å². The van der Waals surface area contributed by atoms with Crippen LogP contribution in [0.25, 0.3) is 0 Å². The molecule has 0 spiro atoms. The predicted molar refractivity (Wildman–Crippen MR) is 51.3 cm³/mol. The van der Waals surface area contributed by atoms with Gasteiger partial charge in [0.05, 0.1) is 17.3 Å². The van der Waals surface area contributed by atoms with E-state index in [1.807, 2.05) is 6.07 Å². The van der Waals surface area contributed by atoms with Crippen LogP contribution in [0.15, 0.2) is 34.5 Å². The van der Waals surface area contributed by atoms with Crippen molar-refractivity contribution in [3.63, 3.8) is 0 Å². The molecule has 0 aliphatic carbocycles. The third-order valence-corrected chi connectivity index (χ3v) is 1.69. The van der Waals surface area contributed by atoms with Crippen molar-refractivity contribution in [2.24, 2.45) is 10.2 Å². The number of rotatable bonds is 3. The van der Waals surface area contributed by atoms with Gasteiger partial charge in [-0.15, -0.1) is 0 Å². The summed E-state index contributed by atoms with van der Waals surface area (Å²) in [7, 11) is 0. The minimum Gasteiger partial charge on any atom is -0.305 e. The Kier molecular flexibility index (Phi) is 3.91. The first-order valence-corrected chi connectivity index (χ1v) is 4.95. The van der Waals surface area contributed by atoms with Crippen molar-refractivity contribution in [3.8, 4) is 6.07 Å². The fourth-order valence-electron chi connectivity index (χ4n) is 0.763. The number of nitriles is 1. The maximum Gasteiger partial charge on any atom is 0.177 e. The van der Waals surface area contributed by atoms with E-state index in [0.29, 0.717) is 11.3 Å². The zero-order valence-corrected chi connectivity index (χ0v) is 7.94. The highest BCUT2D eigenvalue weighted by atomic mass is 32.2. The van der Waals surface area contributed by atoms with E-state index in [4.69, 9.17) is 9.81 Å². The summed E-state index contributed by atoms with van der Waals surface area (Å²) in [5.41, 5.74) is 1.09. The van der Waals surface area contributed by atoms with Gasteiger partial charge in [-0.1, -0.05) is 0 Å². The van der Waals surface area contributed by atoms with Gasteiger partial charge in [-0.05, 0) is 24.3 Å². The van der Waals surface area contributed by atoms with Gasteiger partial charge in [0, 0.05) is 0 Å². The maximum atomic E-state index is 10.2. The summed E-state index contributed by atoms with van der Waals surface area (Å²) in [5, 5.41) is 15.7. The Bertz CT molecular complexity index is 394. The van der Waals surface area contributed by atoms with Crippen LogP contribution in [0.1, 0.15) is 5.56 Å². The first-order valence-electron chi connectivity index (χ1n) is 3.67. The monoisotopic (exact) mass is 209 g/mol. The first kappa shape index (κ1) is 10.5. The zero-order valence-electron chi connectivity index (χ0n) is 7.12. The average Bonchev–Trinajstić information content (AvgIpc) is 2.18. The molecule has 1 aromatic carbocycles. The Morgan fingerprint density at radius 1 is 1.43 bits per heavy atom. The molecule has 6 heteroatoms. The second-order valence-electron chi connectivity index (χ2n) is 2.35. The van der Waals surface area contributed by atoms with Crippen LogP contribution in [0.4, 0.5) is 5.69 Å². The summed E-state index contributed by atoms with van der Waals surface area (Å²) in [6.07, 6.45) is 0. The highest BCUT2D eigenvalue weighted by Gasteiger charge is 1.92. The predicted octanol–water partition coefficient (Wildman–Crippen LogP) is 1.82. The molecule has 0 amide bonds. The van der Waals surface area contributed by atoms with Gasteiger partial charge >= 0.3 is 0 Å². The van der Waals surface area contributed by atoms with E-state index in [2.05, 4.69) is 10.2 Å². The molecule has 0 aliphatic heterocycles. The molecule has 0 saturated heterocycles. The molecule has 0 heterocycles. The molecule has 0 bridgehead atoms. The molecule has 0 aliphatic rings. The number of nitrogens with zero attached hydrogens (tertiary/aromatic N) is 3. The Morgan fingerprint density at radius 2 is 2.07 bits per heavy atom. The Morgan fingerprint density at radius 3 is 2.57 bits per heavy atom. The van der Waals surface area contributed by atoms with Gasteiger partial charge in [-0.2, -0.15) is 15.5 Å². The molecule has 0 aromatic heterocycles. The van der Waals surface area contributed by atoms with Crippen molar-refractivity contribution in [2.75, 3.05) is 5.88 Å². The molecule has 1 aromatic rings. The highest BCUT2D eigenvalue weighted by Crippen LogP contribution is 2.12. The highest BCUT2D eigenvalue weighted by molar-refractivity contribution is 7.79. The Labute approximate surface area is 83.4 Å². The van der Waals surface area contributed by atoms with Crippen LogP contribution in [0.5, 0.6) is 0 Å². The van der Waals surface area contributed by atoms with Crippen LogP contribution in [0.3, 0.4) is 0 Å². The molecular weight excluding hydrogens is 202 g/mol. The van der Waals surface area contributed by atoms with E-state index in [1.165, 1.54) is 0 Å². The van der Waals surface area contributed by atoms with Crippen LogP contribution in [-0.4, -0.2) is 14.6 Å². The van der Waals surface area contributed by atoms with Gasteiger partial charge in [0.25, 0.3) is 0 Å². The number of hydrogen-bond acceptors (Lipinski definition) is 4. The minimum atomic E-state index is -1.96. The molecule has 0 radical (unpaired) electrons. The lowest BCUT2D eigenvalue weighted by atomic mass is 10.2. The largest absolute Gasteiger partial charge is 0.305 e. The molecule has 72 valence electrons. The van der Waals surface area contributed by atoms with Crippen molar-refractivity contribution in [3.05, 3.63) is 29.8 Å². The van der Waals surface area contributed by atoms with Crippen molar-refractivity contribution in [2.45, 2.75) is 0 Å². The van der Waals surface area contributed by atoms with Gasteiger partial charge in [0.2, 0.25) is 0 Å². The summed E-state index contributed by atoms with van der Waals surface area (Å²) in [5.74, 6) is -0.236. The topological polar surface area (TPSA) is 85.8 Å². The fraction of sp³-hybridized carbons (Fsp3) is 0.125. The van der Waals surface area contributed by atoms with Crippen molar-refractivity contribution in [1.29, 1.82) is 5.26 Å². The lowest BCUT2D eigenvalue weighted by molar-refractivity contribution is 0.564. The number of hydrogen-bond donors (Lipinski definition) is 1. The summed E-state index contributed by atoms with van der Waals surface area (Å²) in [6.45, 7) is 0. The lowest BCUT2D eigenvalue weighted by Gasteiger charge is -1.91. The first-order chi connectivity index (χ1) is 6.72. The van der Waals surface area contributed by atoms with Crippen LogP contribution in [0.2, 0.25) is 0 Å². The molecule has 0 fully saturated rings. The minimum absolute atomic E-state index is 0.236. The number of benzene rings is 1. The van der Waals surface area contributed by atoms with Crippen LogP contribution in [-0.2, 0) is 11.1 Å². The normalized spacial score (nSPS) is 12.6. The maximum absolute atomic E-state index is 10.2. The number of azo groups is 1. The fourth-order valence-corrected chi connectivity index (χ4v) is 0.919. The molecule has 1 rings (SSSR count).